The number of benzene rings is 1. The Morgan fingerprint density at radius 2 is 2.06 bits per heavy atom. The lowest BCUT2D eigenvalue weighted by atomic mass is 10.0. The number of nitrogens with one attached hydrogen (secondary N) is 1. The fraction of sp³-hybridized carbons (Fsp3) is 0.500. The number of aryl methyl sites for hydroxylation is 2. The highest BCUT2D eigenvalue weighted by Gasteiger charge is 2.06. The van der Waals surface area contributed by atoms with Gasteiger partial charge in [0.15, 0.2) is 0 Å². The summed E-state index contributed by atoms with van der Waals surface area (Å²) in [6.07, 6.45) is 8.38. The molecule has 1 heteroatoms. The topological polar surface area (TPSA) is 12.0 Å². The molecule has 0 saturated carbocycles. The van der Waals surface area contributed by atoms with Crippen LogP contribution in [-0.2, 0) is 0 Å². The van der Waals surface area contributed by atoms with Gasteiger partial charge in [-0.2, -0.15) is 0 Å². The van der Waals surface area contributed by atoms with Gasteiger partial charge in [-0.25, -0.2) is 0 Å². The van der Waals surface area contributed by atoms with Gasteiger partial charge < -0.3 is 5.32 Å². The normalized spacial score (nSPS) is 12.1. The van der Waals surface area contributed by atoms with Gasteiger partial charge >= 0.3 is 0 Å². The Labute approximate surface area is 106 Å². The van der Waals surface area contributed by atoms with E-state index in [-0.39, 0.29) is 0 Å². The van der Waals surface area contributed by atoms with Crippen LogP contribution in [0.5, 0.6) is 0 Å². The van der Waals surface area contributed by atoms with Crippen LogP contribution in [0.3, 0.4) is 0 Å². The van der Waals surface area contributed by atoms with Gasteiger partial charge in [0.05, 0.1) is 0 Å². The van der Waals surface area contributed by atoms with Crippen LogP contribution in [0.1, 0.15) is 48.9 Å². The van der Waals surface area contributed by atoms with Crippen LogP contribution in [0.25, 0.3) is 0 Å². The van der Waals surface area contributed by atoms with E-state index in [0.29, 0.717) is 6.04 Å². The first-order valence-electron chi connectivity index (χ1n) is 6.39. The van der Waals surface area contributed by atoms with Crippen molar-refractivity contribution in [1.82, 2.24) is 5.32 Å². The van der Waals surface area contributed by atoms with Gasteiger partial charge in [0.25, 0.3) is 0 Å². The summed E-state index contributed by atoms with van der Waals surface area (Å²) in [7, 11) is 0. The third-order valence-electron chi connectivity index (χ3n) is 3.09. The maximum absolute atomic E-state index is 5.23. The SMILES string of the molecule is C#CCCCCNC(C)c1ccc(C)cc1C. The Hall–Kier alpha value is -1.26. The fourth-order valence-electron chi connectivity index (χ4n) is 2.09. The molecule has 1 nitrogen and oxygen atoms in total. The average molecular weight is 229 g/mol. The Balaban J connectivity index is 2.42. The molecule has 0 fully saturated rings. The van der Waals surface area contributed by atoms with Crippen molar-refractivity contribution in [3.05, 3.63) is 34.9 Å². The maximum Gasteiger partial charge on any atom is 0.0294 e. The molecule has 1 rings (SSSR count). The lowest BCUT2D eigenvalue weighted by molar-refractivity contribution is 0.547. The third-order valence-corrected chi connectivity index (χ3v) is 3.09. The molecule has 0 amide bonds. The lowest BCUT2D eigenvalue weighted by Gasteiger charge is -2.17. The van der Waals surface area contributed by atoms with Gasteiger partial charge in [0.2, 0.25) is 0 Å². The van der Waals surface area contributed by atoms with E-state index < -0.39 is 0 Å². The molecule has 1 aromatic rings. The van der Waals surface area contributed by atoms with Gasteiger partial charge in [-0.05, 0) is 51.3 Å². The van der Waals surface area contributed by atoms with E-state index in [1.54, 1.807) is 0 Å². The largest absolute Gasteiger partial charge is 0.310 e. The molecule has 1 atom stereocenters. The third kappa shape index (κ3) is 4.63. The predicted octanol–water partition coefficient (Wildman–Crippen LogP) is 3.76. The highest BCUT2D eigenvalue weighted by Crippen LogP contribution is 2.18. The van der Waals surface area contributed by atoms with Crippen molar-refractivity contribution in [2.45, 2.75) is 46.1 Å². The number of hydrogen-bond donors (Lipinski definition) is 1. The van der Waals surface area contributed by atoms with Crippen LogP contribution in [0, 0.1) is 26.2 Å². The van der Waals surface area contributed by atoms with Crippen LogP contribution in [0.2, 0.25) is 0 Å². The van der Waals surface area contributed by atoms with Crippen LogP contribution in [-0.4, -0.2) is 6.54 Å². The van der Waals surface area contributed by atoms with Gasteiger partial charge in [0, 0.05) is 12.5 Å². The minimum absolute atomic E-state index is 0.418. The van der Waals surface area contributed by atoms with E-state index in [1.807, 2.05) is 0 Å². The Bertz CT molecular complexity index is 387. The van der Waals surface area contributed by atoms with Crippen LogP contribution in [0.15, 0.2) is 18.2 Å². The van der Waals surface area contributed by atoms with E-state index in [4.69, 9.17) is 6.42 Å². The summed E-state index contributed by atoms with van der Waals surface area (Å²) in [6, 6.07) is 7.07. The summed E-state index contributed by atoms with van der Waals surface area (Å²) in [5.41, 5.74) is 4.09. The molecule has 0 radical (unpaired) electrons. The molecule has 0 aliphatic heterocycles. The van der Waals surface area contributed by atoms with Crippen molar-refractivity contribution in [1.29, 1.82) is 0 Å². The molecule has 1 unspecified atom stereocenters. The monoisotopic (exact) mass is 229 g/mol. The van der Waals surface area contributed by atoms with Crippen molar-refractivity contribution in [3.63, 3.8) is 0 Å². The Morgan fingerprint density at radius 1 is 1.29 bits per heavy atom. The standard InChI is InChI=1S/C16H23N/c1-5-6-7-8-11-17-15(4)16-10-9-13(2)12-14(16)3/h1,9-10,12,15,17H,6-8,11H2,2-4H3. The first-order valence-corrected chi connectivity index (χ1v) is 6.39. The van der Waals surface area contributed by atoms with E-state index in [1.165, 1.54) is 16.7 Å². The van der Waals surface area contributed by atoms with Crippen LogP contribution < -0.4 is 5.32 Å². The predicted molar refractivity (Wildman–Crippen MR) is 75.0 cm³/mol. The van der Waals surface area contributed by atoms with Gasteiger partial charge in [-0.1, -0.05) is 23.8 Å². The highest BCUT2D eigenvalue weighted by molar-refractivity contribution is 5.32. The molecule has 0 saturated heterocycles. The zero-order valence-corrected chi connectivity index (χ0v) is 11.2. The van der Waals surface area contributed by atoms with E-state index in [9.17, 15) is 0 Å². The summed E-state index contributed by atoms with van der Waals surface area (Å²) >= 11 is 0. The number of hydrogen-bond acceptors (Lipinski definition) is 1. The molecule has 0 heterocycles. The molecule has 1 aromatic carbocycles. The summed E-state index contributed by atoms with van der Waals surface area (Å²) < 4.78 is 0. The summed E-state index contributed by atoms with van der Waals surface area (Å²) in [5.74, 6) is 2.68. The fourth-order valence-corrected chi connectivity index (χ4v) is 2.09. The molecule has 0 aromatic heterocycles. The second-order valence-corrected chi connectivity index (χ2v) is 4.70. The highest BCUT2D eigenvalue weighted by atomic mass is 14.9. The molecular formula is C16H23N. The first kappa shape index (κ1) is 13.8. The van der Waals surface area contributed by atoms with E-state index in [2.05, 4.69) is 50.2 Å². The Kier molecular flexibility index (Phi) is 5.80. The molecule has 17 heavy (non-hydrogen) atoms. The maximum atomic E-state index is 5.23. The molecule has 0 spiro atoms. The molecular weight excluding hydrogens is 206 g/mol. The van der Waals surface area contributed by atoms with Crippen LogP contribution in [0.4, 0.5) is 0 Å². The van der Waals surface area contributed by atoms with Crippen LogP contribution >= 0.6 is 0 Å². The zero-order valence-electron chi connectivity index (χ0n) is 11.2. The first-order chi connectivity index (χ1) is 8.15. The Morgan fingerprint density at radius 3 is 2.71 bits per heavy atom. The zero-order chi connectivity index (χ0) is 12.7. The summed E-state index contributed by atoms with van der Waals surface area (Å²) in [4.78, 5) is 0. The lowest BCUT2D eigenvalue weighted by Crippen LogP contribution is -2.20. The minimum Gasteiger partial charge on any atom is -0.310 e. The number of rotatable bonds is 6. The van der Waals surface area contributed by atoms with Crippen molar-refractivity contribution in [2.24, 2.45) is 0 Å². The summed E-state index contributed by atoms with van der Waals surface area (Å²) in [5, 5.41) is 3.55. The minimum atomic E-state index is 0.418. The molecule has 0 aliphatic carbocycles. The van der Waals surface area contributed by atoms with Crippen molar-refractivity contribution >= 4 is 0 Å². The molecule has 92 valence electrons. The van der Waals surface area contributed by atoms with E-state index >= 15 is 0 Å². The second-order valence-electron chi connectivity index (χ2n) is 4.70. The van der Waals surface area contributed by atoms with E-state index in [0.717, 1.165) is 25.8 Å². The smallest absolute Gasteiger partial charge is 0.0294 e. The van der Waals surface area contributed by atoms with Crippen molar-refractivity contribution < 1.29 is 0 Å². The van der Waals surface area contributed by atoms with Gasteiger partial charge in [-0.15, -0.1) is 12.3 Å². The molecule has 0 aliphatic rings. The molecule has 1 N–H and O–H groups in total. The van der Waals surface area contributed by atoms with Gasteiger partial charge in [-0.3, -0.25) is 0 Å². The second kappa shape index (κ2) is 7.14. The quantitative estimate of drug-likeness (QED) is 0.578. The average Bonchev–Trinajstić information content (AvgIpc) is 2.28. The molecule has 0 bridgehead atoms. The van der Waals surface area contributed by atoms with Crippen molar-refractivity contribution in [2.75, 3.05) is 6.54 Å². The number of terminal acetylenes is 1. The number of unbranched alkanes of at least 4 members (excludes halogenated alkanes) is 2. The van der Waals surface area contributed by atoms with Crippen molar-refractivity contribution in [3.8, 4) is 12.3 Å². The summed E-state index contributed by atoms with van der Waals surface area (Å²) in [6.45, 7) is 7.57. The van der Waals surface area contributed by atoms with Gasteiger partial charge in [0.1, 0.15) is 0 Å².